The Kier molecular flexibility index (Phi) is 4.90. The van der Waals surface area contributed by atoms with Crippen molar-refractivity contribution in [3.05, 3.63) is 45.9 Å². The molecule has 2 heterocycles. The molecule has 0 aliphatic carbocycles. The molecule has 0 bridgehead atoms. The zero-order valence-corrected chi connectivity index (χ0v) is 15.0. The van der Waals surface area contributed by atoms with E-state index in [2.05, 4.69) is 0 Å². The Bertz CT molecular complexity index is 800. The van der Waals surface area contributed by atoms with Crippen molar-refractivity contribution in [2.45, 2.75) is 20.3 Å². The number of likely N-dealkylation sites (tertiary alicyclic amines) is 1. The second-order valence-corrected chi connectivity index (χ2v) is 7.93. The van der Waals surface area contributed by atoms with Gasteiger partial charge in [0, 0.05) is 18.0 Å². The Morgan fingerprint density at radius 2 is 1.92 bits per heavy atom. The van der Waals surface area contributed by atoms with Crippen molar-refractivity contribution in [2.75, 3.05) is 13.1 Å². The largest absolute Gasteiger partial charge is 0.481 e. The molecule has 4 nitrogen and oxygen atoms in total. The van der Waals surface area contributed by atoms with E-state index in [1.54, 1.807) is 17.0 Å². The normalized spacial score (nSPS) is 20.5. The average molecular weight is 361 g/mol. The van der Waals surface area contributed by atoms with Gasteiger partial charge in [-0.15, -0.1) is 11.3 Å². The standard InChI is InChI=1S/C19H20FNO3S/c1-11-7-14(19(23)24)10-21(9-11)18(22)17-8-16(12(2)25-17)13-3-5-15(20)6-4-13/h3-6,8,11,14H,7,9-10H2,1-2H3,(H,23,24). The number of amides is 1. The molecule has 3 rings (SSSR count). The number of carboxylic acid groups (broad SMARTS) is 1. The van der Waals surface area contributed by atoms with E-state index >= 15 is 0 Å². The monoisotopic (exact) mass is 361 g/mol. The van der Waals surface area contributed by atoms with E-state index in [0.29, 0.717) is 17.8 Å². The van der Waals surface area contributed by atoms with Gasteiger partial charge in [-0.25, -0.2) is 4.39 Å². The van der Waals surface area contributed by atoms with Crippen LogP contribution in [-0.2, 0) is 4.79 Å². The fourth-order valence-electron chi connectivity index (χ4n) is 3.36. The number of carboxylic acids is 1. The van der Waals surface area contributed by atoms with Gasteiger partial charge in [-0.1, -0.05) is 19.1 Å². The summed E-state index contributed by atoms with van der Waals surface area (Å²) in [5.41, 5.74) is 1.78. The number of hydrogen-bond acceptors (Lipinski definition) is 3. The van der Waals surface area contributed by atoms with Crippen LogP contribution in [0, 0.1) is 24.6 Å². The number of halogens is 1. The molecule has 1 aromatic heterocycles. The molecule has 1 aliphatic rings. The highest BCUT2D eigenvalue weighted by atomic mass is 32.1. The molecule has 2 unspecified atom stereocenters. The van der Waals surface area contributed by atoms with Crippen LogP contribution in [0.25, 0.3) is 11.1 Å². The van der Waals surface area contributed by atoms with Crippen molar-refractivity contribution < 1.29 is 19.1 Å². The molecule has 25 heavy (non-hydrogen) atoms. The number of hydrogen-bond donors (Lipinski definition) is 1. The molecule has 0 saturated carbocycles. The molecule has 1 saturated heterocycles. The summed E-state index contributed by atoms with van der Waals surface area (Å²) in [4.78, 5) is 27.4. The van der Waals surface area contributed by atoms with E-state index in [1.807, 2.05) is 19.9 Å². The number of aryl methyl sites for hydroxylation is 1. The first-order valence-corrected chi connectivity index (χ1v) is 9.05. The summed E-state index contributed by atoms with van der Waals surface area (Å²) in [5.74, 6) is -1.62. The van der Waals surface area contributed by atoms with Crippen molar-refractivity contribution >= 4 is 23.2 Å². The Morgan fingerprint density at radius 1 is 1.24 bits per heavy atom. The number of aliphatic carboxylic acids is 1. The van der Waals surface area contributed by atoms with Gasteiger partial charge in [0.1, 0.15) is 5.82 Å². The van der Waals surface area contributed by atoms with Crippen molar-refractivity contribution in [3.8, 4) is 11.1 Å². The number of carbonyl (C=O) groups is 2. The first-order valence-electron chi connectivity index (χ1n) is 8.23. The lowest BCUT2D eigenvalue weighted by Gasteiger charge is -2.34. The first kappa shape index (κ1) is 17.6. The third-order valence-electron chi connectivity index (χ3n) is 4.58. The highest BCUT2D eigenvalue weighted by Crippen LogP contribution is 2.33. The molecule has 1 aliphatic heterocycles. The van der Waals surface area contributed by atoms with Crippen LogP contribution < -0.4 is 0 Å². The summed E-state index contributed by atoms with van der Waals surface area (Å²) in [7, 11) is 0. The fourth-order valence-corrected chi connectivity index (χ4v) is 4.37. The first-order chi connectivity index (χ1) is 11.8. The molecule has 2 atom stereocenters. The van der Waals surface area contributed by atoms with E-state index in [-0.39, 0.29) is 24.2 Å². The number of piperidine rings is 1. The van der Waals surface area contributed by atoms with Crippen LogP contribution in [0.5, 0.6) is 0 Å². The fraction of sp³-hybridized carbons (Fsp3) is 0.368. The molecule has 0 spiro atoms. The molecular formula is C19H20FNO3S. The summed E-state index contributed by atoms with van der Waals surface area (Å²) in [5, 5.41) is 9.28. The van der Waals surface area contributed by atoms with E-state index in [1.165, 1.54) is 23.5 Å². The molecule has 6 heteroatoms. The van der Waals surface area contributed by atoms with Gasteiger partial charge in [0.2, 0.25) is 0 Å². The van der Waals surface area contributed by atoms with Gasteiger partial charge < -0.3 is 10.0 Å². The minimum absolute atomic E-state index is 0.126. The number of nitrogens with zero attached hydrogens (tertiary/aromatic N) is 1. The van der Waals surface area contributed by atoms with Crippen LogP contribution in [0.1, 0.15) is 27.9 Å². The Morgan fingerprint density at radius 3 is 2.56 bits per heavy atom. The third-order valence-corrected chi connectivity index (χ3v) is 5.62. The third kappa shape index (κ3) is 3.74. The zero-order chi connectivity index (χ0) is 18.1. The number of carbonyl (C=O) groups excluding carboxylic acids is 1. The van der Waals surface area contributed by atoms with Crippen molar-refractivity contribution in [3.63, 3.8) is 0 Å². The minimum atomic E-state index is -0.848. The van der Waals surface area contributed by atoms with Crippen LogP contribution >= 0.6 is 11.3 Å². The maximum absolute atomic E-state index is 13.1. The van der Waals surface area contributed by atoms with Crippen LogP contribution in [0.4, 0.5) is 4.39 Å². The minimum Gasteiger partial charge on any atom is -0.481 e. The Hall–Kier alpha value is -2.21. The predicted octanol–water partition coefficient (Wildman–Crippen LogP) is 4.05. The summed E-state index contributed by atoms with van der Waals surface area (Å²) in [6.07, 6.45) is 0.601. The lowest BCUT2D eigenvalue weighted by molar-refractivity contribution is -0.143. The maximum atomic E-state index is 13.1. The van der Waals surface area contributed by atoms with Gasteiger partial charge >= 0.3 is 5.97 Å². The Labute approximate surface area is 149 Å². The quantitative estimate of drug-likeness (QED) is 0.897. The summed E-state index contributed by atoms with van der Waals surface area (Å²) in [6, 6.07) is 8.02. The average Bonchev–Trinajstić information content (AvgIpc) is 2.96. The molecule has 1 N–H and O–H groups in total. The zero-order valence-electron chi connectivity index (χ0n) is 14.2. The van der Waals surface area contributed by atoms with Gasteiger partial charge in [-0.05, 0) is 48.6 Å². The maximum Gasteiger partial charge on any atom is 0.308 e. The molecule has 1 fully saturated rings. The smallest absolute Gasteiger partial charge is 0.308 e. The van der Waals surface area contributed by atoms with E-state index in [0.717, 1.165) is 16.0 Å². The predicted molar refractivity (Wildman–Crippen MR) is 95.3 cm³/mol. The van der Waals surface area contributed by atoms with Crippen molar-refractivity contribution in [2.24, 2.45) is 11.8 Å². The summed E-state index contributed by atoms with van der Waals surface area (Å²) >= 11 is 1.39. The lowest BCUT2D eigenvalue weighted by atomic mass is 9.90. The van der Waals surface area contributed by atoms with Gasteiger partial charge in [-0.3, -0.25) is 9.59 Å². The number of thiophene rings is 1. The molecule has 1 amide bonds. The molecule has 0 radical (unpaired) electrons. The summed E-state index contributed by atoms with van der Waals surface area (Å²) < 4.78 is 13.1. The lowest BCUT2D eigenvalue weighted by Crippen LogP contribution is -2.45. The van der Waals surface area contributed by atoms with Crippen molar-refractivity contribution in [1.82, 2.24) is 4.90 Å². The van der Waals surface area contributed by atoms with Gasteiger partial charge in [0.05, 0.1) is 10.8 Å². The topological polar surface area (TPSA) is 57.6 Å². The van der Waals surface area contributed by atoms with E-state index in [4.69, 9.17) is 0 Å². The van der Waals surface area contributed by atoms with Gasteiger partial charge in [0.15, 0.2) is 0 Å². The number of rotatable bonds is 3. The van der Waals surface area contributed by atoms with Crippen LogP contribution in [0.15, 0.2) is 30.3 Å². The van der Waals surface area contributed by atoms with E-state index < -0.39 is 11.9 Å². The Balaban J connectivity index is 1.84. The summed E-state index contributed by atoms with van der Waals surface area (Å²) in [6.45, 7) is 4.73. The van der Waals surface area contributed by atoms with Gasteiger partial charge in [-0.2, -0.15) is 0 Å². The van der Waals surface area contributed by atoms with Gasteiger partial charge in [0.25, 0.3) is 5.91 Å². The molecule has 132 valence electrons. The van der Waals surface area contributed by atoms with Crippen LogP contribution in [0.2, 0.25) is 0 Å². The second kappa shape index (κ2) is 6.96. The van der Waals surface area contributed by atoms with E-state index in [9.17, 15) is 19.1 Å². The number of benzene rings is 1. The molecule has 2 aromatic rings. The molecular weight excluding hydrogens is 341 g/mol. The van der Waals surface area contributed by atoms with Crippen LogP contribution in [0.3, 0.4) is 0 Å². The highest BCUT2D eigenvalue weighted by molar-refractivity contribution is 7.14. The van der Waals surface area contributed by atoms with Crippen molar-refractivity contribution in [1.29, 1.82) is 0 Å². The SMILES string of the molecule is Cc1sc(C(=O)N2CC(C)CC(C(=O)O)C2)cc1-c1ccc(F)cc1. The molecule has 1 aromatic carbocycles. The second-order valence-electron chi connectivity index (χ2n) is 6.67. The highest BCUT2D eigenvalue weighted by Gasteiger charge is 2.33. The van der Waals surface area contributed by atoms with Crippen LogP contribution in [-0.4, -0.2) is 35.0 Å².